The first-order valence-corrected chi connectivity index (χ1v) is 13.2. The highest BCUT2D eigenvalue weighted by atomic mass is 16.5. The standard InChI is InChI=1S/C28H39N5O3/c1-19(16-32-8-6-31(3)7-9-32)12-22-18-33(17-20(22)2)28(35)24-14-23-25(13-21-4-10-36-11-5-21)29-30-26(23)15-27(24)34/h12,14-15,21,34H,4-11,13,16-18H2,1-3H3,(H,29,30)/b19-12+. The number of carbonyl (C=O) groups is 1. The number of phenols is 1. The summed E-state index contributed by atoms with van der Waals surface area (Å²) in [5.74, 6) is 0.404. The number of nitrogens with zero attached hydrogens (tertiary/aromatic N) is 4. The number of likely N-dealkylation sites (N-methyl/N-ethyl adjacent to an activating group) is 1. The number of piperazine rings is 1. The molecule has 0 atom stereocenters. The van der Waals surface area contributed by atoms with Crippen molar-refractivity contribution in [3.63, 3.8) is 0 Å². The molecular weight excluding hydrogens is 454 g/mol. The average molecular weight is 494 g/mol. The SMILES string of the molecule is CC1=C(/C=C(\C)CN2CCN(C)CC2)CN(C(=O)c2cc3c(CC4CCOCC4)[nH]nc3cc2O)C1. The van der Waals surface area contributed by atoms with E-state index in [1.54, 1.807) is 6.07 Å². The van der Waals surface area contributed by atoms with Crippen molar-refractivity contribution in [2.45, 2.75) is 33.1 Å². The van der Waals surface area contributed by atoms with E-state index in [2.05, 4.69) is 47.0 Å². The van der Waals surface area contributed by atoms with Crippen LogP contribution in [0.4, 0.5) is 0 Å². The van der Waals surface area contributed by atoms with Gasteiger partial charge in [-0.1, -0.05) is 11.6 Å². The molecule has 0 radical (unpaired) electrons. The average Bonchev–Trinajstić information content (AvgIpc) is 3.42. The number of ether oxygens (including phenoxy) is 1. The second kappa shape index (κ2) is 10.7. The number of aromatic nitrogens is 2. The maximum absolute atomic E-state index is 13.5. The highest BCUT2D eigenvalue weighted by molar-refractivity contribution is 6.01. The van der Waals surface area contributed by atoms with Gasteiger partial charge in [0.25, 0.3) is 5.91 Å². The molecule has 0 bridgehead atoms. The monoisotopic (exact) mass is 493 g/mol. The predicted molar refractivity (Wildman–Crippen MR) is 141 cm³/mol. The molecule has 8 nitrogen and oxygen atoms in total. The largest absolute Gasteiger partial charge is 0.507 e. The maximum Gasteiger partial charge on any atom is 0.258 e. The van der Waals surface area contributed by atoms with E-state index in [9.17, 15) is 9.90 Å². The van der Waals surface area contributed by atoms with Crippen LogP contribution in [0.5, 0.6) is 5.75 Å². The van der Waals surface area contributed by atoms with Crippen molar-refractivity contribution >= 4 is 16.8 Å². The number of amides is 1. The van der Waals surface area contributed by atoms with Crippen molar-refractivity contribution in [1.82, 2.24) is 24.9 Å². The first-order chi connectivity index (χ1) is 17.4. The Kier molecular flexibility index (Phi) is 7.46. The number of aromatic amines is 1. The molecule has 2 fully saturated rings. The summed E-state index contributed by atoms with van der Waals surface area (Å²) in [6, 6.07) is 3.44. The summed E-state index contributed by atoms with van der Waals surface area (Å²) >= 11 is 0. The summed E-state index contributed by atoms with van der Waals surface area (Å²) in [6.45, 7) is 12.4. The van der Waals surface area contributed by atoms with Crippen molar-refractivity contribution in [2.24, 2.45) is 5.92 Å². The third kappa shape index (κ3) is 5.51. The van der Waals surface area contributed by atoms with Crippen LogP contribution in [0.3, 0.4) is 0 Å². The number of benzene rings is 1. The van der Waals surface area contributed by atoms with E-state index in [4.69, 9.17) is 4.74 Å². The Bertz CT molecular complexity index is 1170. The smallest absolute Gasteiger partial charge is 0.258 e. The first-order valence-electron chi connectivity index (χ1n) is 13.2. The predicted octanol–water partition coefficient (Wildman–Crippen LogP) is 3.20. The molecule has 36 heavy (non-hydrogen) atoms. The molecule has 8 heteroatoms. The molecule has 0 saturated carbocycles. The summed E-state index contributed by atoms with van der Waals surface area (Å²) < 4.78 is 5.49. The van der Waals surface area contributed by atoms with Crippen molar-refractivity contribution in [2.75, 3.05) is 66.1 Å². The van der Waals surface area contributed by atoms with Gasteiger partial charge in [0.15, 0.2) is 0 Å². The van der Waals surface area contributed by atoms with Crippen molar-refractivity contribution in [3.8, 4) is 5.75 Å². The van der Waals surface area contributed by atoms with Gasteiger partial charge in [0, 0.05) is 76.2 Å². The fourth-order valence-electron chi connectivity index (χ4n) is 5.63. The van der Waals surface area contributed by atoms with Crippen LogP contribution in [0.15, 0.2) is 34.9 Å². The van der Waals surface area contributed by atoms with Crippen LogP contribution in [0.1, 0.15) is 42.7 Å². The van der Waals surface area contributed by atoms with Crippen LogP contribution in [0.25, 0.3) is 10.9 Å². The zero-order valence-electron chi connectivity index (χ0n) is 21.8. The molecule has 5 rings (SSSR count). The van der Waals surface area contributed by atoms with Gasteiger partial charge in [0.1, 0.15) is 5.75 Å². The van der Waals surface area contributed by atoms with Gasteiger partial charge in [0.05, 0.1) is 11.1 Å². The van der Waals surface area contributed by atoms with Gasteiger partial charge < -0.3 is 19.6 Å². The van der Waals surface area contributed by atoms with Gasteiger partial charge in [-0.25, -0.2) is 0 Å². The van der Waals surface area contributed by atoms with E-state index in [1.165, 1.54) is 16.7 Å². The first kappa shape index (κ1) is 25.0. The van der Waals surface area contributed by atoms with Crippen LogP contribution in [-0.4, -0.2) is 102 Å². The molecule has 0 aliphatic carbocycles. The lowest BCUT2D eigenvalue weighted by molar-refractivity contribution is 0.0663. The normalized spacial score (nSPS) is 21.2. The molecule has 4 heterocycles. The minimum absolute atomic E-state index is 0.00971. The number of carbonyl (C=O) groups excluding carboxylic acids is 1. The number of hydrogen-bond acceptors (Lipinski definition) is 6. The topological polar surface area (TPSA) is 84.9 Å². The lowest BCUT2D eigenvalue weighted by Gasteiger charge is -2.32. The zero-order valence-corrected chi connectivity index (χ0v) is 21.8. The highest BCUT2D eigenvalue weighted by Gasteiger charge is 2.27. The number of rotatable bonds is 6. The number of aromatic hydroxyl groups is 1. The van der Waals surface area contributed by atoms with Gasteiger partial charge >= 0.3 is 0 Å². The minimum Gasteiger partial charge on any atom is -0.507 e. The molecule has 1 aromatic heterocycles. The molecule has 3 aliphatic rings. The lowest BCUT2D eigenvalue weighted by atomic mass is 9.93. The molecule has 2 aromatic rings. The van der Waals surface area contributed by atoms with E-state index in [0.29, 0.717) is 30.1 Å². The molecule has 194 valence electrons. The summed E-state index contributed by atoms with van der Waals surface area (Å²) in [7, 11) is 2.17. The molecular formula is C28H39N5O3. The third-order valence-corrected chi connectivity index (χ3v) is 7.93. The molecule has 0 spiro atoms. The number of H-pyrrole nitrogens is 1. The van der Waals surface area contributed by atoms with Crippen molar-refractivity contribution in [1.29, 1.82) is 0 Å². The van der Waals surface area contributed by atoms with Crippen LogP contribution in [0, 0.1) is 5.92 Å². The number of phenolic OH excluding ortho intramolecular Hbond substituents is 1. The Hall–Kier alpha value is -2.68. The quantitative estimate of drug-likeness (QED) is 0.643. The van der Waals surface area contributed by atoms with Crippen LogP contribution in [-0.2, 0) is 11.2 Å². The van der Waals surface area contributed by atoms with Gasteiger partial charge in [-0.05, 0) is 63.3 Å². The fraction of sp³-hybridized carbons (Fsp3) is 0.571. The summed E-state index contributed by atoms with van der Waals surface area (Å²) in [5, 5.41) is 19.2. The third-order valence-electron chi connectivity index (χ3n) is 7.93. The number of hydrogen-bond donors (Lipinski definition) is 2. The van der Waals surface area contributed by atoms with Crippen LogP contribution in [0.2, 0.25) is 0 Å². The van der Waals surface area contributed by atoms with Gasteiger partial charge in [-0.3, -0.25) is 14.8 Å². The number of nitrogens with one attached hydrogen (secondary N) is 1. The molecule has 1 aromatic carbocycles. The zero-order chi connectivity index (χ0) is 25.2. The van der Waals surface area contributed by atoms with Gasteiger partial charge in [-0.15, -0.1) is 0 Å². The number of fused-ring (bicyclic) bond motifs is 1. The van der Waals surface area contributed by atoms with E-state index >= 15 is 0 Å². The fourth-order valence-corrected chi connectivity index (χ4v) is 5.63. The maximum atomic E-state index is 13.5. The molecule has 2 N–H and O–H groups in total. The van der Waals surface area contributed by atoms with Crippen molar-refractivity contribution in [3.05, 3.63) is 46.2 Å². The summed E-state index contributed by atoms with van der Waals surface area (Å²) in [6.07, 6.45) is 5.21. The Morgan fingerprint density at radius 3 is 2.69 bits per heavy atom. The van der Waals surface area contributed by atoms with Crippen LogP contribution >= 0.6 is 0 Å². The Morgan fingerprint density at radius 2 is 1.94 bits per heavy atom. The molecule has 0 unspecified atom stereocenters. The Morgan fingerprint density at radius 1 is 1.19 bits per heavy atom. The van der Waals surface area contributed by atoms with E-state index in [1.807, 2.05) is 11.0 Å². The van der Waals surface area contributed by atoms with Crippen molar-refractivity contribution < 1.29 is 14.6 Å². The Labute approximate surface area is 213 Å². The molecule has 2 saturated heterocycles. The van der Waals surface area contributed by atoms with E-state index < -0.39 is 0 Å². The highest BCUT2D eigenvalue weighted by Crippen LogP contribution is 2.31. The lowest BCUT2D eigenvalue weighted by Crippen LogP contribution is -2.44. The summed E-state index contributed by atoms with van der Waals surface area (Å²) in [4.78, 5) is 20.2. The Balaban J connectivity index is 1.27. The second-order valence-corrected chi connectivity index (χ2v) is 10.9. The summed E-state index contributed by atoms with van der Waals surface area (Å²) in [5.41, 5.74) is 5.83. The van der Waals surface area contributed by atoms with Gasteiger partial charge in [0.2, 0.25) is 0 Å². The molecule has 1 amide bonds. The minimum atomic E-state index is -0.132. The molecule has 3 aliphatic heterocycles. The second-order valence-electron chi connectivity index (χ2n) is 10.9. The van der Waals surface area contributed by atoms with E-state index in [0.717, 1.165) is 76.3 Å². The van der Waals surface area contributed by atoms with Crippen LogP contribution < -0.4 is 0 Å². The van der Waals surface area contributed by atoms with Gasteiger partial charge in [-0.2, -0.15) is 5.10 Å². The van der Waals surface area contributed by atoms with E-state index in [-0.39, 0.29) is 11.7 Å².